The summed E-state index contributed by atoms with van der Waals surface area (Å²) in [6.07, 6.45) is 1.20. The molecule has 1 N–H and O–H groups in total. The van der Waals surface area contributed by atoms with Crippen LogP contribution in [0.5, 0.6) is 0 Å². The molecule has 0 amide bonds. The minimum absolute atomic E-state index is 0.926. The number of pyridine rings is 1. The molecule has 5 rings (SSSR count). The molecule has 0 bridgehead atoms. The number of imidazole rings is 1. The summed E-state index contributed by atoms with van der Waals surface area (Å²) in [5, 5.41) is 6.04. The molecule has 1 fully saturated rings. The number of hydrogen-bond acceptors (Lipinski definition) is 3. The monoisotopic (exact) mass is 370 g/mol. The molecule has 0 radical (unpaired) electrons. The lowest BCUT2D eigenvalue weighted by Gasteiger charge is -2.20. The first kappa shape index (κ1) is 17.4. The van der Waals surface area contributed by atoms with Crippen LogP contribution in [-0.4, -0.2) is 40.5 Å². The quantitative estimate of drug-likeness (QED) is 0.585. The van der Waals surface area contributed by atoms with Gasteiger partial charge in [0.2, 0.25) is 0 Å². The molecule has 3 heterocycles. The van der Waals surface area contributed by atoms with Crippen LogP contribution in [0.25, 0.3) is 27.7 Å². The van der Waals surface area contributed by atoms with Crippen molar-refractivity contribution < 1.29 is 0 Å². The first-order valence-electron chi connectivity index (χ1n) is 10.2. The third-order valence-electron chi connectivity index (χ3n) is 5.76. The van der Waals surface area contributed by atoms with E-state index >= 15 is 0 Å². The van der Waals surface area contributed by atoms with Crippen LogP contribution in [0.15, 0.2) is 60.7 Å². The number of aromatic nitrogens is 2. The Hall–Kier alpha value is -2.69. The normalized spacial score (nSPS) is 15.9. The molecular formula is C24H26N4. The fourth-order valence-corrected chi connectivity index (χ4v) is 4.31. The van der Waals surface area contributed by atoms with E-state index in [1.807, 2.05) is 0 Å². The predicted octanol–water partition coefficient (Wildman–Crippen LogP) is 4.26. The Labute approximate surface area is 165 Å². The molecule has 1 aliphatic rings. The number of benzene rings is 2. The molecule has 0 spiro atoms. The minimum atomic E-state index is 0.926. The molecular weight excluding hydrogens is 344 g/mol. The zero-order valence-corrected chi connectivity index (χ0v) is 16.4. The second-order valence-corrected chi connectivity index (χ2v) is 7.71. The maximum atomic E-state index is 5.06. The molecule has 4 aromatic rings. The first-order valence-corrected chi connectivity index (χ1v) is 10.2. The summed E-state index contributed by atoms with van der Waals surface area (Å²) in [6.45, 7) is 7.48. The molecule has 0 aliphatic carbocycles. The van der Waals surface area contributed by atoms with Gasteiger partial charge in [-0.3, -0.25) is 9.30 Å². The molecule has 0 atom stereocenters. The van der Waals surface area contributed by atoms with Crippen LogP contribution in [0.3, 0.4) is 0 Å². The maximum Gasteiger partial charge on any atom is 0.137 e. The lowest BCUT2D eigenvalue weighted by atomic mass is 10.0. The Balaban J connectivity index is 1.65. The number of nitrogens with one attached hydrogen (secondary N) is 1. The van der Waals surface area contributed by atoms with E-state index < -0.39 is 0 Å². The van der Waals surface area contributed by atoms with Gasteiger partial charge in [-0.1, -0.05) is 42.5 Å². The Bertz CT molecular complexity index is 1120. The van der Waals surface area contributed by atoms with E-state index in [0.29, 0.717) is 0 Å². The predicted molar refractivity (Wildman–Crippen MR) is 116 cm³/mol. The smallest absolute Gasteiger partial charge is 0.137 e. The minimum Gasteiger partial charge on any atom is -0.315 e. The third-order valence-corrected chi connectivity index (χ3v) is 5.76. The topological polar surface area (TPSA) is 32.6 Å². The van der Waals surface area contributed by atoms with Crippen molar-refractivity contribution in [1.29, 1.82) is 0 Å². The van der Waals surface area contributed by atoms with Gasteiger partial charge in [0.15, 0.2) is 0 Å². The van der Waals surface area contributed by atoms with Gasteiger partial charge in [0.1, 0.15) is 5.65 Å². The van der Waals surface area contributed by atoms with E-state index in [4.69, 9.17) is 4.98 Å². The Morgan fingerprint density at radius 1 is 0.929 bits per heavy atom. The average molecular weight is 371 g/mol. The summed E-state index contributed by atoms with van der Waals surface area (Å²) in [7, 11) is 0. The van der Waals surface area contributed by atoms with Gasteiger partial charge in [-0.25, -0.2) is 4.98 Å². The van der Waals surface area contributed by atoms with E-state index in [1.165, 1.54) is 34.1 Å². The largest absolute Gasteiger partial charge is 0.315 e. The second-order valence-electron chi connectivity index (χ2n) is 7.71. The first-order chi connectivity index (χ1) is 13.8. The van der Waals surface area contributed by atoms with Gasteiger partial charge in [-0.05, 0) is 55.4 Å². The van der Waals surface area contributed by atoms with Gasteiger partial charge in [0.05, 0.1) is 11.4 Å². The van der Waals surface area contributed by atoms with Gasteiger partial charge in [0, 0.05) is 30.9 Å². The molecule has 1 saturated heterocycles. The van der Waals surface area contributed by atoms with Gasteiger partial charge in [-0.2, -0.15) is 0 Å². The van der Waals surface area contributed by atoms with Crippen LogP contribution in [0.4, 0.5) is 0 Å². The van der Waals surface area contributed by atoms with Crippen LogP contribution in [0.2, 0.25) is 0 Å². The summed E-state index contributed by atoms with van der Waals surface area (Å²) in [5.41, 5.74) is 5.87. The lowest BCUT2D eigenvalue weighted by Crippen LogP contribution is -2.28. The molecule has 4 nitrogen and oxygen atoms in total. The summed E-state index contributed by atoms with van der Waals surface area (Å²) in [5.74, 6) is 0. The maximum absolute atomic E-state index is 5.06. The molecule has 2 aromatic carbocycles. The van der Waals surface area contributed by atoms with Crippen molar-refractivity contribution in [3.63, 3.8) is 0 Å². The zero-order chi connectivity index (χ0) is 18.9. The summed E-state index contributed by atoms with van der Waals surface area (Å²) < 4.78 is 2.34. The standard InChI is InChI=1S/C24H26N4/c1-18-6-4-9-23-26-24(21-11-10-19-7-2-3-8-20(19)16-21)22(28(18)23)17-27-14-5-12-25-13-15-27/h2-4,6-11,16,25H,5,12-15,17H2,1H3. The number of hydrogen-bond donors (Lipinski definition) is 1. The summed E-state index contributed by atoms with van der Waals surface area (Å²) >= 11 is 0. The Morgan fingerprint density at radius 3 is 2.75 bits per heavy atom. The highest BCUT2D eigenvalue weighted by molar-refractivity contribution is 5.87. The van der Waals surface area contributed by atoms with Crippen LogP contribution >= 0.6 is 0 Å². The molecule has 2 aromatic heterocycles. The molecule has 0 unspecified atom stereocenters. The van der Waals surface area contributed by atoms with Gasteiger partial charge < -0.3 is 5.32 Å². The molecule has 4 heteroatoms. The van der Waals surface area contributed by atoms with E-state index in [1.54, 1.807) is 0 Å². The highest BCUT2D eigenvalue weighted by Crippen LogP contribution is 2.29. The third kappa shape index (κ3) is 3.19. The number of rotatable bonds is 3. The summed E-state index contributed by atoms with van der Waals surface area (Å²) in [4.78, 5) is 7.62. The highest BCUT2D eigenvalue weighted by atomic mass is 15.2. The van der Waals surface area contributed by atoms with Gasteiger partial charge in [-0.15, -0.1) is 0 Å². The fourth-order valence-electron chi connectivity index (χ4n) is 4.31. The van der Waals surface area contributed by atoms with Crippen LogP contribution in [0, 0.1) is 6.92 Å². The van der Waals surface area contributed by atoms with Crippen molar-refractivity contribution >= 4 is 16.4 Å². The molecule has 1 aliphatic heterocycles. The highest BCUT2D eigenvalue weighted by Gasteiger charge is 2.19. The Kier molecular flexibility index (Phi) is 4.59. The zero-order valence-electron chi connectivity index (χ0n) is 16.4. The van der Waals surface area contributed by atoms with E-state index in [-0.39, 0.29) is 0 Å². The average Bonchev–Trinajstić information content (AvgIpc) is 2.90. The fraction of sp³-hybridized carbons (Fsp3) is 0.292. The Morgan fingerprint density at radius 2 is 1.82 bits per heavy atom. The molecule has 142 valence electrons. The summed E-state index contributed by atoms with van der Waals surface area (Å²) in [6, 6.07) is 21.6. The van der Waals surface area contributed by atoms with Crippen molar-refractivity contribution in [3.8, 4) is 11.3 Å². The van der Waals surface area contributed by atoms with E-state index in [2.05, 4.69) is 82.2 Å². The van der Waals surface area contributed by atoms with Gasteiger partial charge in [0.25, 0.3) is 0 Å². The van der Waals surface area contributed by atoms with Crippen LogP contribution < -0.4 is 5.32 Å². The number of nitrogens with zero attached hydrogens (tertiary/aromatic N) is 3. The van der Waals surface area contributed by atoms with Gasteiger partial charge >= 0.3 is 0 Å². The second kappa shape index (κ2) is 7.38. The number of fused-ring (bicyclic) bond motifs is 2. The van der Waals surface area contributed by atoms with E-state index in [9.17, 15) is 0 Å². The number of aryl methyl sites for hydroxylation is 1. The SMILES string of the molecule is Cc1cccc2nc(-c3ccc4ccccc4c3)c(CN3CCCNCC3)n12. The molecule has 28 heavy (non-hydrogen) atoms. The van der Waals surface area contributed by atoms with Crippen molar-refractivity contribution in [2.24, 2.45) is 0 Å². The lowest BCUT2D eigenvalue weighted by molar-refractivity contribution is 0.280. The molecule has 0 saturated carbocycles. The van der Waals surface area contributed by atoms with Crippen molar-refractivity contribution in [1.82, 2.24) is 19.6 Å². The van der Waals surface area contributed by atoms with Crippen LogP contribution in [-0.2, 0) is 6.54 Å². The van der Waals surface area contributed by atoms with Crippen LogP contribution in [0.1, 0.15) is 17.8 Å². The van der Waals surface area contributed by atoms with E-state index in [0.717, 1.165) is 44.1 Å². The van der Waals surface area contributed by atoms with Crippen molar-refractivity contribution in [2.75, 3.05) is 26.2 Å². The van der Waals surface area contributed by atoms with Crippen molar-refractivity contribution in [3.05, 3.63) is 72.1 Å². The van der Waals surface area contributed by atoms with Crippen molar-refractivity contribution in [2.45, 2.75) is 19.9 Å².